The Labute approximate surface area is 173 Å². The Hall–Kier alpha value is -3.94. The van der Waals surface area contributed by atoms with Crippen molar-refractivity contribution in [2.24, 2.45) is 5.10 Å². The summed E-state index contributed by atoms with van der Waals surface area (Å²) in [4.78, 5) is 35.4. The smallest absolute Gasteiger partial charge is 0.325 e. The first-order valence-corrected chi connectivity index (χ1v) is 9.42. The van der Waals surface area contributed by atoms with Gasteiger partial charge in [-0.15, -0.1) is 0 Å². The van der Waals surface area contributed by atoms with Crippen molar-refractivity contribution in [3.63, 3.8) is 0 Å². The van der Waals surface area contributed by atoms with Crippen LogP contribution < -0.4 is 10.7 Å². The number of aromatic nitrogens is 1. The molecule has 1 aromatic heterocycles. The number of nitrogens with zero attached hydrogens (tertiary/aromatic N) is 2. The van der Waals surface area contributed by atoms with Crippen molar-refractivity contribution in [2.45, 2.75) is 20.4 Å². The topological polar surface area (TPSA) is 102 Å². The van der Waals surface area contributed by atoms with Crippen LogP contribution in [0.5, 0.6) is 0 Å². The number of amides is 2. The minimum Gasteiger partial charge on any atom is -0.465 e. The van der Waals surface area contributed by atoms with Gasteiger partial charge in [-0.2, -0.15) is 5.10 Å². The van der Waals surface area contributed by atoms with Crippen molar-refractivity contribution >= 4 is 40.6 Å². The lowest BCUT2D eigenvalue weighted by atomic mass is 10.2. The Morgan fingerprint density at radius 3 is 2.70 bits per heavy atom. The minimum atomic E-state index is -0.409. The summed E-state index contributed by atoms with van der Waals surface area (Å²) in [5.74, 6) is -0.951. The average molecular weight is 406 g/mol. The van der Waals surface area contributed by atoms with E-state index in [1.165, 1.54) is 13.1 Å². The first-order chi connectivity index (χ1) is 14.5. The maximum atomic E-state index is 12.4. The molecule has 0 saturated heterocycles. The summed E-state index contributed by atoms with van der Waals surface area (Å²) in [5.41, 5.74) is 4.99. The molecule has 8 nitrogen and oxygen atoms in total. The van der Waals surface area contributed by atoms with Crippen LogP contribution in [0, 0.1) is 0 Å². The number of fused-ring (bicyclic) bond motifs is 1. The lowest BCUT2D eigenvalue weighted by Gasteiger charge is -2.04. The zero-order chi connectivity index (χ0) is 21.5. The summed E-state index contributed by atoms with van der Waals surface area (Å²) in [6.45, 7) is 3.57. The van der Waals surface area contributed by atoms with Crippen molar-refractivity contribution < 1.29 is 19.1 Å². The third-order valence-electron chi connectivity index (χ3n) is 4.24. The number of nitrogens with one attached hydrogen (secondary N) is 2. The number of para-hydroxylation sites is 1. The normalized spacial score (nSPS) is 10.9. The highest BCUT2D eigenvalue weighted by atomic mass is 16.5. The highest BCUT2D eigenvalue weighted by Gasteiger charge is 2.11. The molecule has 0 fully saturated rings. The van der Waals surface area contributed by atoms with Gasteiger partial charge in [0.05, 0.1) is 12.8 Å². The van der Waals surface area contributed by atoms with Crippen molar-refractivity contribution in [1.82, 2.24) is 9.99 Å². The van der Waals surface area contributed by atoms with Crippen molar-refractivity contribution in [1.29, 1.82) is 0 Å². The van der Waals surface area contributed by atoms with Gasteiger partial charge in [-0.05, 0) is 31.2 Å². The molecule has 0 radical (unpaired) electrons. The minimum absolute atomic E-state index is 0.0878. The van der Waals surface area contributed by atoms with E-state index in [1.807, 2.05) is 24.3 Å². The van der Waals surface area contributed by atoms with Crippen LogP contribution in [-0.4, -0.2) is 35.2 Å². The molecule has 0 aliphatic heterocycles. The summed E-state index contributed by atoms with van der Waals surface area (Å²) in [5, 5.41) is 7.57. The van der Waals surface area contributed by atoms with E-state index < -0.39 is 5.91 Å². The quantitative estimate of drug-likeness (QED) is 0.358. The summed E-state index contributed by atoms with van der Waals surface area (Å²) < 4.78 is 6.81. The number of ether oxygens (including phenoxy) is 1. The number of carbonyl (C=O) groups excluding carboxylic acids is 3. The van der Waals surface area contributed by atoms with Gasteiger partial charge in [-0.25, -0.2) is 5.43 Å². The van der Waals surface area contributed by atoms with Gasteiger partial charge >= 0.3 is 5.97 Å². The molecule has 1 heterocycles. The van der Waals surface area contributed by atoms with Crippen molar-refractivity contribution in [2.75, 3.05) is 11.9 Å². The van der Waals surface area contributed by atoms with Crippen molar-refractivity contribution in [3.8, 4) is 0 Å². The molecule has 0 aliphatic carbocycles. The molecule has 3 rings (SSSR count). The summed E-state index contributed by atoms with van der Waals surface area (Å²) >= 11 is 0. The second-order valence-electron chi connectivity index (χ2n) is 6.50. The SMILES string of the molecule is CCOC(=O)Cn1cc(C=NNC(=O)c2cccc(NC(C)=O)c2)c2ccccc21. The molecule has 154 valence electrons. The number of esters is 1. The number of hydrogen-bond acceptors (Lipinski definition) is 5. The number of anilines is 1. The Kier molecular flexibility index (Phi) is 6.59. The van der Waals surface area contributed by atoms with Crippen LogP contribution in [0.1, 0.15) is 29.8 Å². The van der Waals surface area contributed by atoms with Gasteiger partial charge in [0.25, 0.3) is 5.91 Å². The van der Waals surface area contributed by atoms with Gasteiger partial charge in [0.1, 0.15) is 6.54 Å². The maximum Gasteiger partial charge on any atom is 0.325 e. The van der Waals surface area contributed by atoms with Crippen LogP contribution >= 0.6 is 0 Å². The molecule has 0 spiro atoms. The zero-order valence-electron chi connectivity index (χ0n) is 16.7. The molecule has 3 aromatic rings. The monoisotopic (exact) mass is 406 g/mol. The molecule has 0 atom stereocenters. The first kappa shape index (κ1) is 20.8. The van der Waals surface area contributed by atoms with Crippen molar-refractivity contribution in [3.05, 3.63) is 65.9 Å². The molecule has 2 aromatic carbocycles. The number of hydrogen-bond donors (Lipinski definition) is 2. The molecule has 0 bridgehead atoms. The van der Waals surface area contributed by atoms with E-state index in [4.69, 9.17) is 4.74 Å². The Morgan fingerprint density at radius 2 is 1.93 bits per heavy atom. The van der Waals surface area contributed by atoms with Gasteiger partial charge < -0.3 is 14.6 Å². The Balaban J connectivity index is 1.75. The number of hydrazone groups is 1. The van der Waals surface area contributed by atoms with E-state index >= 15 is 0 Å². The standard InChI is InChI=1S/C22H22N4O4/c1-3-30-21(28)14-26-13-17(19-9-4-5-10-20(19)26)12-23-25-22(29)16-7-6-8-18(11-16)24-15(2)27/h4-13H,3,14H2,1-2H3,(H,24,27)(H,25,29). The van der Waals surface area contributed by atoms with E-state index in [0.29, 0.717) is 17.9 Å². The molecular weight excluding hydrogens is 384 g/mol. The zero-order valence-corrected chi connectivity index (χ0v) is 16.7. The molecule has 8 heteroatoms. The molecule has 0 aliphatic rings. The van der Waals surface area contributed by atoms with Crippen LogP contribution in [0.4, 0.5) is 5.69 Å². The number of benzene rings is 2. The van der Waals surface area contributed by atoms with Gasteiger partial charge in [-0.1, -0.05) is 24.3 Å². The average Bonchev–Trinajstić information content (AvgIpc) is 3.05. The van der Waals surface area contributed by atoms with E-state index in [9.17, 15) is 14.4 Å². The fourth-order valence-electron chi connectivity index (χ4n) is 3.02. The third-order valence-corrected chi connectivity index (χ3v) is 4.24. The fraction of sp³-hybridized carbons (Fsp3) is 0.182. The number of rotatable bonds is 7. The predicted octanol–water partition coefficient (Wildman–Crippen LogP) is 2.93. The molecule has 2 amide bonds. The number of carbonyl (C=O) groups is 3. The van der Waals surface area contributed by atoms with E-state index in [0.717, 1.165) is 16.5 Å². The Bertz CT molecular complexity index is 1120. The van der Waals surface area contributed by atoms with Crippen LogP contribution in [0.25, 0.3) is 10.9 Å². The lowest BCUT2D eigenvalue weighted by molar-refractivity contribution is -0.143. The molecular formula is C22H22N4O4. The summed E-state index contributed by atoms with van der Waals surface area (Å²) in [7, 11) is 0. The molecule has 30 heavy (non-hydrogen) atoms. The summed E-state index contributed by atoms with van der Waals surface area (Å²) in [6, 6.07) is 14.1. The van der Waals surface area contributed by atoms with Gasteiger partial charge in [-0.3, -0.25) is 14.4 Å². The fourth-order valence-corrected chi connectivity index (χ4v) is 3.02. The van der Waals surface area contributed by atoms with E-state index in [1.54, 1.807) is 42.0 Å². The first-order valence-electron chi connectivity index (χ1n) is 9.42. The highest BCUT2D eigenvalue weighted by Crippen LogP contribution is 2.20. The van der Waals surface area contributed by atoms with Gasteiger partial charge in [0.2, 0.25) is 5.91 Å². The van der Waals surface area contributed by atoms with Crippen LogP contribution in [0.3, 0.4) is 0 Å². The second kappa shape index (κ2) is 9.51. The predicted molar refractivity (Wildman–Crippen MR) is 114 cm³/mol. The Morgan fingerprint density at radius 1 is 1.13 bits per heavy atom. The van der Waals surface area contributed by atoms with Crippen LogP contribution in [0.2, 0.25) is 0 Å². The van der Waals surface area contributed by atoms with Crippen LogP contribution in [-0.2, 0) is 20.9 Å². The van der Waals surface area contributed by atoms with Crippen LogP contribution in [0.15, 0.2) is 59.8 Å². The van der Waals surface area contributed by atoms with E-state index in [2.05, 4.69) is 15.8 Å². The molecule has 2 N–H and O–H groups in total. The largest absolute Gasteiger partial charge is 0.465 e. The third kappa shape index (κ3) is 5.11. The highest BCUT2D eigenvalue weighted by molar-refractivity contribution is 6.01. The lowest BCUT2D eigenvalue weighted by Crippen LogP contribution is -2.18. The molecule has 0 unspecified atom stereocenters. The second-order valence-corrected chi connectivity index (χ2v) is 6.50. The summed E-state index contributed by atoms with van der Waals surface area (Å²) in [6.07, 6.45) is 3.31. The van der Waals surface area contributed by atoms with Gasteiger partial charge in [0.15, 0.2) is 0 Å². The van der Waals surface area contributed by atoms with E-state index in [-0.39, 0.29) is 18.4 Å². The maximum absolute atomic E-state index is 12.4. The van der Waals surface area contributed by atoms with Gasteiger partial charge in [0, 0.05) is 40.8 Å². The molecule has 0 saturated carbocycles.